The number of nitrogens with zero attached hydrogens (tertiary/aromatic N) is 2. The average Bonchev–Trinajstić information content (AvgIpc) is 3.07. The monoisotopic (exact) mass is 298 g/mol. The Morgan fingerprint density at radius 3 is 3.00 bits per heavy atom. The van der Waals surface area contributed by atoms with Gasteiger partial charge in [0.15, 0.2) is 18.1 Å². The Morgan fingerprint density at radius 2 is 2.32 bits per heavy atom. The minimum Gasteiger partial charge on any atom is -0.493 e. The smallest absolute Gasteiger partial charge is 0.287 e. The van der Waals surface area contributed by atoms with Crippen LogP contribution in [-0.2, 0) is 0 Å². The molecule has 1 amide bonds. The number of carbonyl (C=O) groups is 1. The second-order valence-electron chi connectivity index (χ2n) is 4.14. The van der Waals surface area contributed by atoms with Crippen LogP contribution in [-0.4, -0.2) is 30.8 Å². The quantitative estimate of drug-likeness (QED) is 0.626. The van der Waals surface area contributed by atoms with Gasteiger partial charge in [0.05, 0.1) is 13.3 Å². The number of methoxy groups -OCH3 is 1. The second kappa shape index (κ2) is 7.50. The van der Waals surface area contributed by atoms with Gasteiger partial charge < -0.3 is 14.5 Å². The number of rotatable bonds is 6. The van der Waals surface area contributed by atoms with E-state index in [0.29, 0.717) is 22.8 Å². The van der Waals surface area contributed by atoms with Crippen LogP contribution in [0, 0.1) is 11.3 Å². The number of aromatic nitrogens is 1. The summed E-state index contributed by atoms with van der Waals surface area (Å²) in [6.45, 7) is -0.0595. The maximum absolute atomic E-state index is 11.7. The third-order valence-electron chi connectivity index (χ3n) is 2.70. The van der Waals surface area contributed by atoms with Crippen molar-refractivity contribution in [1.82, 2.24) is 10.4 Å². The molecule has 0 aliphatic rings. The summed E-state index contributed by atoms with van der Waals surface area (Å²) in [6, 6.07) is 10.4. The molecule has 1 aromatic heterocycles. The predicted molar refractivity (Wildman–Crippen MR) is 80.0 cm³/mol. The van der Waals surface area contributed by atoms with E-state index in [4.69, 9.17) is 14.7 Å². The number of hydrazone groups is 1. The first-order chi connectivity index (χ1) is 10.7. The first-order valence-corrected chi connectivity index (χ1v) is 6.39. The fraction of sp³-hybridized carbons (Fsp3) is 0.133. The van der Waals surface area contributed by atoms with Gasteiger partial charge in [-0.2, -0.15) is 10.4 Å². The van der Waals surface area contributed by atoms with Crippen molar-refractivity contribution >= 4 is 12.1 Å². The molecular formula is C15H14N4O3. The molecule has 0 saturated carbocycles. The van der Waals surface area contributed by atoms with Crippen LogP contribution in [0.4, 0.5) is 0 Å². The van der Waals surface area contributed by atoms with Gasteiger partial charge in [-0.15, -0.1) is 0 Å². The number of benzene rings is 1. The van der Waals surface area contributed by atoms with Crippen molar-refractivity contribution in [3.05, 3.63) is 47.8 Å². The maximum atomic E-state index is 11.7. The minimum atomic E-state index is -0.331. The zero-order valence-corrected chi connectivity index (χ0v) is 11.9. The Bertz CT molecular complexity index is 702. The number of ether oxygens (including phenoxy) is 2. The average molecular weight is 298 g/mol. The van der Waals surface area contributed by atoms with Gasteiger partial charge in [-0.05, 0) is 35.9 Å². The number of aromatic amines is 1. The SMILES string of the molecule is COc1cc(/C=N\NC(=O)c2ccc[nH]2)ccc1OCC#N. The molecule has 0 spiro atoms. The Morgan fingerprint density at radius 1 is 1.45 bits per heavy atom. The van der Waals surface area contributed by atoms with Gasteiger partial charge >= 0.3 is 0 Å². The van der Waals surface area contributed by atoms with E-state index in [9.17, 15) is 4.79 Å². The topological polar surface area (TPSA) is 99.5 Å². The van der Waals surface area contributed by atoms with Crippen molar-refractivity contribution in [2.45, 2.75) is 0 Å². The molecule has 7 heteroatoms. The molecule has 0 atom stereocenters. The fourth-order valence-electron chi connectivity index (χ4n) is 1.69. The maximum Gasteiger partial charge on any atom is 0.287 e. The number of H-pyrrole nitrogens is 1. The molecule has 7 nitrogen and oxygen atoms in total. The molecule has 1 aromatic carbocycles. The third kappa shape index (κ3) is 3.86. The molecule has 2 rings (SSSR count). The fourth-order valence-corrected chi connectivity index (χ4v) is 1.69. The number of amides is 1. The van der Waals surface area contributed by atoms with E-state index >= 15 is 0 Å². The third-order valence-corrected chi connectivity index (χ3v) is 2.70. The summed E-state index contributed by atoms with van der Waals surface area (Å²) in [5.41, 5.74) is 3.55. The van der Waals surface area contributed by atoms with Gasteiger partial charge in [0, 0.05) is 6.20 Å². The van der Waals surface area contributed by atoms with Crippen LogP contribution in [0.2, 0.25) is 0 Å². The van der Waals surface area contributed by atoms with E-state index in [2.05, 4.69) is 15.5 Å². The van der Waals surface area contributed by atoms with Crippen molar-refractivity contribution < 1.29 is 14.3 Å². The highest BCUT2D eigenvalue weighted by atomic mass is 16.5. The summed E-state index contributed by atoms with van der Waals surface area (Å²) in [7, 11) is 1.50. The van der Waals surface area contributed by atoms with Crippen molar-refractivity contribution in [2.24, 2.45) is 5.10 Å². The molecule has 0 unspecified atom stereocenters. The summed E-state index contributed by atoms with van der Waals surface area (Å²) >= 11 is 0. The molecule has 2 N–H and O–H groups in total. The van der Waals surface area contributed by atoms with Crippen molar-refractivity contribution in [3.8, 4) is 17.6 Å². The zero-order valence-electron chi connectivity index (χ0n) is 11.9. The lowest BCUT2D eigenvalue weighted by Gasteiger charge is -2.08. The van der Waals surface area contributed by atoms with Gasteiger partial charge in [-0.25, -0.2) is 5.43 Å². The standard InChI is InChI=1S/C15H14N4O3/c1-21-14-9-11(4-5-13(14)22-8-6-16)10-18-19-15(20)12-3-2-7-17-12/h2-5,7,9-10,17H,8H2,1H3,(H,19,20)/b18-10-. The number of nitriles is 1. The molecule has 2 aromatic rings. The normalized spacial score (nSPS) is 10.2. The van der Waals surface area contributed by atoms with E-state index in [-0.39, 0.29) is 12.5 Å². The van der Waals surface area contributed by atoms with E-state index in [0.717, 1.165) is 0 Å². The summed E-state index contributed by atoms with van der Waals surface area (Å²) in [5.74, 6) is 0.619. The lowest BCUT2D eigenvalue weighted by Crippen LogP contribution is -2.17. The number of hydrogen-bond donors (Lipinski definition) is 2. The van der Waals surface area contributed by atoms with Crippen LogP contribution in [0.1, 0.15) is 16.1 Å². The van der Waals surface area contributed by atoms with E-state index in [1.54, 1.807) is 36.5 Å². The van der Waals surface area contributed by atoms with E-state index < -0.39 is 0 Å². The van der Waals surface area contributed by atoms with Crippen LogP contribution in [0.3, 0.4) is 0 Å². The van der Waals surface area contributed by atoms with Gasteiger partial charge in [0.2, 0.25) is 0 Å². The molecule has 1 heterocycles. The molecule has 0 radical (unpaired) electrons. The number of nitrogens with one attached hydrogen (secondary N) is 2. The summed E-state index contributed by atoms with van der Waals surface area (Å²) in [5, 5.41) is 12.4. The number of hydrogen-bond acceptors (Lipinski definition) is 5. The van der Waals surface area contributed by atoms with Crippen molar-refractivity contribution in [3.63, 3.8) is 0 Å². The van der Waals surface area contributed by atoms with Gasteiger partial charge in [-0.3, -0.25) is 4.79 Å². The van der Waals surface area contributed by atoms with Gasteiger partial charge in [-0.1, -0.05) is 0 Å². The van der Waals surface area contributed by atoms with Crippen LogP contribution in [0.15, 0.2) is 41.6 Å². The Hall–Kier alpha value is -3.27. The van der Waals surface area contributed by atoms with Crippen LogP contribution >= 0.6 is 0 Å². The van der Waals surface area contributed by atoms with Crippen LogP contribution in [0.25, 0.3) is 0 Å². The first-order valence-electron chi connectivity index (χ1n) is 6.39. The van der Waals surface area contributed by atoms with Crippen molar-refractivity contribution in [2.75, 3.05) is 13.7 Å². The zero-order chi connectivity index (χ0) is 15.8. The molecule has 112 valence electrons. The molecule has 0 fully saturated rings. The largest absolute Gasteiger partial charge is 0.493 e. The van der Waals surface area contributed by atoms with E-state index in [1.165, 1.54) is 13.3 Å². The molecule has 22 heavy (non-hydrogen) atoms. The lowest BCUT2D eigenvalue weighted by atomic mass is 10.2. The molecule has 0 aliphatic heterocycles. The van der Waals surface area contributed by atoms with Gasteiger partial charge in [0.25, 0.3) is 5.91 Å². The lowest BCUT2D eigenvalue weighted by molar-refractivity contribution is 0.0951. The van der Waals surface area contributed by atoms with Crippen LogP contribution < -0.4 is 14.9 Å². The molecular weight excluding hydrogens is 284 g/mol. The van der Waals surface area contributed by atoms with E-state index in [1.807, 2.05) is 6.07 Å². The number of carbonyl (C=O) groups excluding carboxylic acids is 1. The molecule has 0 saturated heterocycles. The highest BCUT2D eigenvalue weighted by Crippen LogP contribution is 2.27. The molecule has 0 bridgehead atoms. The Labute approximate surface area is 127 Å². The second-order valence-corrected chi connectivity index (χ2v) is 4.14. The predicted octanol–water partition coefficient (Wildman–Crippen LogP) is 1.69. The first kappa shape index (κ1) is 15.1. The highest BCUT2D eigenvalue weighted by molar-refractivity contribution is 5.93. The van der Waals surface area contributed by atoms with Crippen molar-refractivity contribution in [1.29, 1.82) is 5.26 Å². The summed E-state index contributed by atoms with van der Waals surface area (Å²) < 4.78 is 10.4. The van der Waals surface area contributed by atoms with Crippen LogP contribution in [0.5, 0.6) is 11.5 Å². The summed E-state index contributed by atoms with van der Waals surface area (Å²) in [4.78, 5) is 14.4. The Kier molecular flexibility index (Phi) is 5.15. The highest BCUT2D eigenvalue weighted by Gasteiger charge is 2.05. The Balaban J connectivity index is 2.02. The van der Waals surface area contributed by atoms with Gasteiger partial charge in [0.1, 0.15) is 11.8 Å². The minimum absolute atomic E-state index is 0.0595. The molecule has 0 aliphatic carbocycles. The summed E-state index contributed by atoms with van der Waals surface area (Å²) in [6.07, 6.45) is 3.14.